The molecule has 106 valence electrons. The van der Waals surface area contributed by atoms with E-state index >= 15 is 0 Å². The Kier molecular flexibility index (Phi) is 6.32. The van der Waals surface area contributed by atoms with Crippen LogP contribution in [-0.2, 0) is 9.47 Å². The molecular formula is C14H21NO4. The van der Waals surface area contributed by atoms with Gasteiger partial charge in [-0.05, 0) is 31.2 Å². The molecule has 0 radical (unpaired) electrons. The van der Waals surface area contributed by atoms with E-state index < -0.39 is 5.97 Å². The van der Waals surface area contributed by atoms with Crippen molar-refractivity contribution >= 4 is 11.7 Å². The second-order valence-electron chi connectivity index (χ2n) is 4.34. The molecule has 0 spiro atoms. The normalized spacial score (nSPS) is 12.2. The van der Waals surface area contributed by atoms with Gasteiger partial charge in [0.05, 0.1) is 18.8 Å². The summed E-state index contributed by atoms with van der Waals surface area (Å²) in [5, 5.41) is 8.90. The summed E-state index contributed by atoms with van der Waals surface area (Å²) in [6.07, 6.45) is 0. The number of ether oxygens (including phenoxy) is 2. The molecule has 1 aromatic carbocycles. The number of carboxylic acid groups (broad SMARTS) is 1. The number of anilines is 1. The van der Waals surface area contributed by atoms with Crippen LogP contribution in [0.4, 0.5) is 5.69 Å². The summed E-state index contributed by atoms with van der Waals surface area (Å²) in [5.41, 5.74) is 1.25. The molecule has 0 bridgehead atoms. The molecule has 1 atom stereocenters. The Morgan fingerprint density at radius 2 is 1.89 bits per heavy atom. The van der Waals surface area contributed by atoms with Crippen molar-refractivity contribution in [3.63, 3.8) is 0 Å². The molecule has 0 amide bonds. The predicted octanol–water partition coefficient (Wildman–Crippen LogP) is 1.87. The summed E-state index contributed by atoms with van der Waals surface area (Å²) in [5.74, 6) is -0.917. The van der Waals surface area contributed by atoms with E-state index in [1.165, 1.54) is 0 Å². The first-order valence-electron chi connectivity index (χ1n) is 6.18. The molecule has 1 rings (SSSR count). The summed E-state index contributed by atoms with van der Waals surface area (Å²) in [6, 6.07) is 7.03. The third-order valence-corrected chi connectivity index (χ3v) is 2.92. The first kappa shape index (κ1) is 15.5. The first-order chi connectivity index (χ1) is 9.10. The molecule has 0 heterocycles. The lowest BCUT2D eigenvalue weighted by Gasteiger charge is -2.30. The molecule has 1 aromatic rings. The quantitative estimate of drug-likeness (QED) is 0.779. The summed E-state index contributed by atoms with van der Waals surface area (Å²) in [4.78, 5) is 13.0. The molecule has 5 heteroatoms. The van der Waals surface area contributed by atoms with Crippen LogP contribution in [-0.4, -0.2) is 51.1 Å². The van der Waals surface area contributed by atoms with E-state index in [1.54, 1.807) is 26.4 Å². The number of hydrogen-bond donors (Lipinski definition) is 1. The van der Waals surface area contributed by atoms with Crippen LogP contribution in [0.15, 0.2) is 24.3 Å². The Bertz CT molecular complexity index is 391. The van der Waals surface area contributed by atoms with Crippen LogP contribution in [0.25, 0.3) is 0 Å². The molecule has 0 aliphatic rings. The number of nitrogens with zero attached hydrogens (tertiary/aromatic N) is 1. The van der Waals surface area contributed by atoms with Gasteiger partial charge in [-0.15, -0.1) is 0 Å². The number of methoxy groups -OCH3 is 2. The number of carbonyl (C=O) groups is 1. The molecule has 0 saturated heterocycles. The third-order valence-electron chi connectivity index (χ3n) is 2.92. The number of carboxylic acids is 1. The van der Waals surface area contributed by atoms with Crippen molar-refractivity contribution in [2.45, 2.75) is 13.0 Å². The molecule has 19 heavy (non-hydrogen) atoms. The maximum absolute atomic E-state index is 10.8. The van der Waals surface area contributed by atoms with Gasteiger partial charge in [0.2, 0.25) is 0 Å². The minimum atomic E-state index is -0.917. The van der Waals surface area contributed by atoms with Crippen molar-refractivity contribution in [1.29, 1.82) is 0 Å². The average molecular weight is 267 g/mol. The smallest absolute Gasteiger partial charge is 0.335 e. The van der Waals surface area contributed by atoms with Crippen LogP contribution in [0.2, 0.25) is 0 Å². The minimum Gasteiger partial charge on any atom is -0.478 e. The summed E-state index contributed by atoms with van der Waals surface area (Å²) < 4.78 is 10.3. The van der Waals surface area contributed by atoms with Crippen molar-refractivity contribution in [3.05, 3.63) is 29.8 Å². The van der Waals surface area contributed by atoms with E-state index in [9.17, 15) is 4.79 Å². The lowest BCUT2D eigenvalue weighted by atomic mass is 10.1. The molecule has 5 nitrogen and oxygen atoms in total. The van der Waals surface area contributed by atoms with Gasteiger partial charge in [-0.1, -0.05) is 0 Å². The number of hydrogen-bond acceptors (Lipinski definition) is 4. The van der Waals surface area contributed by atoms with E-state index in [0.717, 1.165) is 12.2 Å². The van der Waals surface area contributed by atoms with Gasteiger partial charge in [0.15, 0.2) is 0 Å². The molecule has 0 aliphatic carbocycles. The Labute approximate surface area is 113 Å². The zero-order valence-corrected chi connectivity index (χ0v) is 11.6. The third kappa shape index (κ3) is 4.54. The van der Waals surface area contributed by atoms with Gasteiger partial charge < -0.3 is 19.5 Å². The van der Waals surface area contributed by atoms with E-state index in [0.29, 0.717) is 13.2 Å². The van der Waals surface area contributed by atoms with Crippen LogP contribution in [0.5, 0.6) is 0 Å². The van der Waals surface area contributed by atoms with Crippen LogP contribution in [0.1, 0.15) is 17.3 Å². The second kappa shape index (κ2) is 7.76. The summed E-state index contributed by atoms with van der Waals surface area (Å²) in [6.45, 7) is 4.00. The molecule has 0 fully saturated rings. The maximum Gasteiger partial charge on any atom is 0.335 e. The predicted molar refractivity (Wildman–Crippen MR) is 74.0 cm³/mol. The van der Waals surface area contributed by atoms with Gasteiger partial charge in [-0.3, -0.25) is 0 Å². The highest BCUT2D eigenvalue weighted by molar-refractivity contribution is 5.88. The van der Waals surface area contributed by atoms with Gasteiger partial charge in [0.25, 0.3) is 0 Å². The van der Waals surface area contributed by atoms with Gasteiger partial charge >= 0.3 is 5.97 Å². The standard InChI is InChI=1S/C14H21NO4/c1-11(10-19-3)15(8-9-18-2)13-6-4-12(5-7-13)14(16)17/h4-7,11H,8-10H2,1-3H3,(H,16,17). The van der Waals surface area contributed by atoms with Crippen LogP contribution >= 0.6 is 0 Å². The fraction of sp³-hybridized carbons (Fsp3) is 0.500. The zero-order valence-electron chi connectivity index (χ0n) is 11.6. The fourth-order valence-corrected chi connectivity index (χ4v) is 1.92. The van der Waals surface area contributed by atoms with E-state index in [-0.39, 0.29) is 11.6 Å². The monoisotopic (exact) mass is 267 g/mol. The molecular weight excluding hydrogens is 246 g/mol. The summed E-state index contributed by atoms with van der Waals surface area (Å²) in [7, 11) is 3.32. The summed E-state index contributed by atoms with van der Waals surface area (Å²) >= 11 is 0. The van der Waals surface area contributed by atoms with E-state index in [2.05, 4.69) is 11.8 Å². The second-order valence-corrected chi connectivity index (χ2v) is 4.34. The maximum atomic E-state index is 10.8. The molecule has 1 unspecified atom stereocenters. The number of benzene rings is 1. The van der Waals surface area contributed by atoms with Gasteiger partial charge in [0, 0.05) is 32.5 Å². The largest absolute Gasteiger partial charge is 0.478 e. The van der Waals surface area contributed by atoms with Crippen molar-refractivity contribution in [3.8, 4) is 0 Å². The molecule has 0 saturated carbocycles. The highest BCUT2D eigenvalue weighted by Crippen LogP contribution is 2.18. The van der Waals surface area contributed by atoms with Crippen LogP contribution in [0, 0.1) is 0 Å². The van der Waals surface area contributed by atoms with Gasteiger partial charge in [-0.25, -0.2) is 4.79 Å². The van der Waals surface area contributed by atoms with E-state index in [1.807, 2.05) is 12.1 Å². The minimum absolute atomic E-state index is 0.191. The first-order valence-corrected chi connectivity index (χ1v) is 6.18. The van der Waals surface area contributed by atoms with Gasteiger partial charge in [0.1, 0.15) is 0 Å². The lowest BCUT2D eigenvalue weighted by molar-refractivity contribution is 0.0697. The Balaban J connectivity index is 2.86. The number of rotatable bonds is 8. The Hall–Kier alpha value is -1.59. The molecule has 0 aromatic heterocycles. The van der Waals surface area contributed by atoms with Crippen molar-refractivity contribution in [2.75, 3.05) is 38.9 Å². The van der Waals surface area contributed by atoms with Crippen molar-refractivity contribution < 1.29 is 19.4 Å². The zero-order chi connectivity index (χ0) is 14.3. The Morgan fingerprint density at radius 1 is 1.26 bits per heavy atom. The topological polar surface area (TPSA) is 59.0 Å². The van der Waals surface area contributed by atoms with E-state index in [4.69, 9.17) is 14.6 Å². The van der Waals surface area contributed by atoms with Crippen LogP contribution < -0.4 is 4.90 Å². The SMILES string of the molecule is COCCN(c1ccc(C(=O)O)cc1)C(C)COC. The number of aromatic carboxylic acids is 1. The van der Waals surface area contributed by atoms with Crippen molar-refractivity contribution in [1.82, 2.24) is 0 Å². The highest BCUT2D eigenvalue weighted by atomic mass is 16.5. The van der Waals surface area contributed by atoms with Crippen LogP contribution in [0.3, 0.4) is 0 Å². The Morgan fingerprint density at radius 3 is 2.37 bits per heavy atom. The lowest BCUT2D eigenvalue weighted by Crippen LogP contribution is -2.38. The highest BCUT2D eigenvalue weighted by Gasteiger charge is 2.14. The molecule has 0 aliphatic heterocycles. The van der Waals surface area contributed by atoms with Gasteiger partial charge in [-0.2, -0.15) is 0 Å². The average Bonchev–Trinajstić information content (AvgIpc) is 2.40. The van der Waals surface area contributed by atoms with Crippen molar-refractivity contribution in [2.24, 2.45) is 0 Å². The fourth-order valence-electron chi connectivity index (χ4n) is 1.92. The molecule has 1 N–H and O–H groups in total.